The Balaban J connectivity index is 1.08. The van der Waals surface area contributed by atoms with E-state index < -0.39 is 12.1 Å². The number of aliphatic carboxylic acids is 1. The smallest absolute Gasteiger partial charge is 0.407 e. The van der Waals surface area contributed by atoms with Gasteiger partial charge >= 0.3 is 12.1 Å². The van der Waals surface area contributed by atoms with Crippen LogP contribution in [-0.4, -0.2) is 47.7 Å². The van der Waals surface area contributed by atoms with Crippen LogP contribution in [0.4, 0.5) is 4.79 Å². The first-order valence-electron chi connectivity index (χ1n) is 13.6. The first-order valence-corrected chi connectivity index (χ1v) is 13.6. The van der Waals surface area contributed by atoms with Gasteiger partial charge in [-0.2, -0.15) is 0 Å². The first-order chi connectivity index (χ1) is 19.0. The lowest BCUT2D eigenvalue weighted by molar-refractivity contribution is -0.147. The molecule has 2 N–H and O–H groups in total. The molecule has 0 aromatic heterocycles. The SMILES string of the molecule is O=C(O)CN(Cc1ccccc1)C(=O)C1CCC(CNC(=O)OCC2c3ccccc3-c3ccccc32)CC1. The van der Waals surface area contributed by atoms with Crippen molar-refractivity contribution in [3.63, 3.8) is 0 Å². The summed E-state index contributed by atoms with van der Waals surface area (Å²) in [5.74, 6) is -1.03. The number of fused-ring (bicyclic) bond motifs is 3. The average Bonchev–Trinajstić information content (AvgIpc) is 3.28. The molecule has 7 heteroatoms. The lowest BCUT2D eigenvalue weighted by Gasteiger charge is -2.31. The molecule has 0 spiro atoms. The molecule has 0 unspecified atom stereocenters. The molecule has 3 aromatic rings. The lowest BCUT2D eigenvalue weighted by Crippen LogP contribution is -2.41. The number of alkyl carbamates (subject to hydrolysis) is 1. The third-order valence-electron chi connectivity index (χ3n) is 7.93. The highest BCUT2D eigenvalue weighted by molar-refractivity contribution is 5.83. The normalized spacial score (nSPS) is 18.1. The van der Waals surface area contributed by atoms with Gasteiger partial charge in [-0.3, -0.25) is 9.59 Å². The van der Waals surface area contributed by atoms with Gasteiger partial charge in [0.25, 0.3) is 0 Å². The second kappa shape index (κ2) is 12.2. The van der Waals surface area contributed by atoms with Crippen LogP contribution in [-0.2, 0) is 20.9 Å². The summed E-state index contributed by atoms with van der Waals surface area (Å²) in [6.45, 7) is 0.759. The van der Waals surface area contributed by atoms with E-state index in [0.717, 1.165) is 18.4 Å². The number of nitrogens with one attached hydrogen (secondary N) is 1. The van der Waals surface area contributed by atoms with Crippen molar-refractivity contribution in [2.24, 2.45) is 11.8 Å². The van der Waals surface area contributed by atoms with Crippen molar-refractivity contribution in [2.75, 3.05) is 19.7 Å². The number of rotatable bonds is 9. The predicted molar refractivity (Wildman–Crippen MR) is 148 cm³/mol. The zero-order valence-corrected chi connectivity index (χ0v) is 21.9. The zero-order chi connectivity index (χ0) is 27.2. The van der Waals surface area contributed by atoms with Crippen LogP contribution in [0.25, 0.3) is 11.1 Å². The number of benzene rings is 3. The number of carbonyl (C=O) groups is 3. The van der Waals surface area contributed by atoms with Crippen molar-refractivity contribution in [3.05, 3.63) is 95.6 Å². The minimum atomic E-state index is -1.01. The first kappa shape index (κ1) is 26.5. The van der Waals surface area contributed by atoms with E-state index in [1.54, 1.807) is 0 Å². The van der Waals surface area contributed by atoms with Crippen LogP contribution in [0.5, 0.6) is 0 Å². The third-order valence-corrected chi connectivity index (χ3v) is 7.93. The largest absolute Gasteiger partial charge is 0.480 e. The van der Waals surface area contributed by atoms with Crippen LogP contribution in [0.2, 0.25) is 0 Å². The van der Waals surface area contributed by atoms with E-state index in [2.05, 4.69) is 29.6 Å². The highest BCUT2D eigenvalue weighted by Gasteiger charge is 2.31. The van der Waals surface area contributed by atoms with Gasteiger partial charge in [-0.25, -0.2) is 4.79 Å². The third kappa shape index (κ3) is 6.30. The van der Waals surface area contributed by atoms with Crippen molar-refractivity contribution in [2.45, 2.75) is 38.1 Å². The Labute approximate surface area is 228 Å². The van der Waals surface area contributed by atoms with Crippen molar-refractivity contribution >= 4 is 18.0 Å². The van der Waals surface area contributed by atoms with E-state index in [9.17, 15) is 19.5 Å². The van der Waals surface area contributed by atoms with Crippen LogP contribution in [0.3, 0.4) is 0 Å². The van der Waals surface area contributed by atoms with Crippen LogP contribution in [0.15, 0.2) is 78.9 Å². The Hall–Kier alpha value is -4.13. The quantitative estimate of drug-likeness (QED) is 0.387. The summed E-state index contributed by atoms with van der Waals surface area (Å²) >= 11 is 0. The maximum absolute atomic E-state index is 13.2. The molecule has 202 valence electrons. The fourth-order valence-corrected chi connectivity index (χ4v) is 5.93. The number of hydrogen-bond acceptors (Lipinski definition) is 4. The number of carboxylic acids is 1. The second-order valence-corrected chi connectivity index (χ2v) is 10.5. The number of carbonyl (C=O) groups excluding carboxylic acids is 2. The molecule has 2 aliphatic carbocycles. The van der Waals surface area contributed by atoms with Crippen LogP contribution in [0.1, 0.15) is 48.3 Å². The van der Waals surface area contributed by atoms with E-state index in [-0.39, 0.29) is 43.4 Å². The molecule has 3 aromatic carbocycles. The molecule has 0 bridgehead atoms. The maximum atomic E-state index is 13.2. The highest BCUT2D eigenvalue weighted by atomic mass is 16.5. The summed E-state index contributed by atoms with van der Waals surface area (Å²) in [4.78, 5) is 38.6. The molecule has 7 nitrogen and oxygen atoms in total. The molecule has 39 heavy (non-hydrogen) atoms. The van der Waals surface area contributed by atoms with E-state index in [1.165, 1.54) is 27.2 Å². The Morgan fingerprint density at radius 2 is 1.41 bits per heavy atom. The number of carboxylic acid groups (broad SMARTS) is 1. The number of hydrogen-bond donors (Lipinski definition) is 2. The zero-order valence-electron chi connectivity index (χ0n) is 21.9. The van der Waals surface area contributed by atoms with Gasteiger partial charge in [-0.05, 0) is 59.4 Å². The van der Waals surface area contributed by atoms with Crippen LogP contribution < -0.4 is 5.32 Å². The van der Waals surface area contributed by atoms with Crippen LogP contribution in [0, 0.1) is 11.8 Å². The fourth-order valence-electron chi connectivity index (χ4n) is 5.93. The van der Waals surface area contributed by atoms with E-state index in [4.69, 9.17) is 4.74 Å². The summed E-state index contributed by atoms with van der Waals surface area (Å²) in [6, 6.07) is 25.9. The minimum absolute atomic E-state index is 0.0224. The van der Waals surface area contributed by atoms with Gasteiger partial charge in [0.05, 0.1) is 0 Å². The molecule has 1 fully saturated rings. The number of nitrogens with zero attached hydrogens (tertiary/aromatic N) is 1. The molecular weight excluding hydrogens is 492 g/mol. The van der Waals surface area contributed by atoms with Gasteiger partial charge < -0.3 is 20.1 Å². The molecule has 0 heterocycles. The van der Waals surface area contributed by atoms with E-state index in [1.807, 2.05) is 54.6 Å². The van der Waals surface area contributed by atoms with E-state index >= 15 is 0 Å². The molecule has 0 atom stereocenters. The average molecular weight is 527 g/mol. The second-order valence-electron chi connectivity index (χ2n) is 10.5. The molecule has 5 rings (SSSR count). The molecule has 1 saturated carbocycles. The summed E-state index contributed by atoms with van der Waals surface area (Å²) in [6.07, 6.45) is 2.53. The van der Waals surface area contributed by atoms with Gasteiger partial charge in [0, 0.05) is 24.9 Å². The molecular formula is C32H34N2O5. The number of amides is 2. The van der Waals surface area contributed by atoms with Gasteiger partial charge in [0.1, 0.15) is 13.2 Å². The highest BCUT2D eigenvalue weighted by Crippen LogP contribution is 2.44. The van der Waals surface area contributed by atoms with Gasteiger partial charge in [0.2, 0.25) is 5.91 Å². The molecule has 2 amide bonds. The van der Waals surface area contributed by atoms with Gasteiger partial charge in [-0.15, -0.1) is 0 Å². The minimum Gasteiger partial charge on any atom is -0.480 e. The predicted octanol–water partition coefficient (Wildman–Crippen LogP) is 5.44. The molecule has 0 aliphatic heterocycles. The topological polar surface area (TPSA) is 95.9 Å². The molecule has 0 saturated heterocycles. The summed E-state index contributed by atoms with van der Waals surface area (Å²) in [7, 11) is 0. The van der Waals surface area contributed by atoms with Crippen LogP contribution >= 0.6 is 0 Å². The Bertz CT molecular complexity index is 1270. The fraction of sp³-hybridized carbons (Fsp3) is 0.344. The van der Waals surface area contributed by atoms with E-state index in [0.29, 0.717) is 19.4 Å². The number of ether oxygens (including phenoxy) is 1. The Kier molecular flexibility index (Phi) is 8.25. The summed E-state index contributed by atoms with van der Waals surface area (Å²) < 4.78 is 5.65. The summed E-state index contributed by atoms with van der Waals surface area (Å²) in [5, 5.41) is 12.3. The van der Waals surface area contributed by atoms with Crippen molar-refractivity contribution < 1.29 is 24.2 Å². The Morgan fingerprint density at radius 3 is 2.03 bits per heavy atom. The van der Waals surface area contributed by atoms with Crippen molar-refractivity contribution in [1.29, 1.82) is 0 Å². The monoisotopic (exact) mass is 526 g/mol. The maximum Gasteiger partial charge on any atom is 0.407 e. The molecule has 0 radical (unpaired) electrons. The standard InChI is InChI=1S/C32H34N2O5/c35-30(36)20-34(19-23-8-2-1-3-9-23)31(37)24-16-14-22(15-17-24)18-33-32(38)39-21-29-27-12-6-4-10-25(27)26-11-5-7-13-28(26)29/h1-13,22,24,29H,14-21H2,(H,33,38)(H,35,36). The van der Waals surface area contributed by atoms with Gasteiger partial charge in [0.15, 0.2) is 0 Å². The molecule has 2 aliphatic rings. The van der Waals surface area contributed by atoms with Crippen molar-refractivity contribution in [1.82, 2.24) is 10.2 Å². The summed E-state index contributed by atoms with van der Waals surface area (Å²) in [5.41, 5.74) is 5.66. The van der Waals surface area contributed by atoms with Gasteiger partial charge in [-0.1, -0.05) is 78.9 Å². The lowest BCUT2D eigenvalue weighted by atomic mass is 9.81. The van der Waals surface area contributed by atoms with Crippen molar-refractivity contribution in [3.8, 4) is 11.1 Å². The Morgan fingerprint density at radius 1 is 0.821 bits per heavy atom.